The monoisotopic (exact) mass is 1500 g/mol. The average molecular weight is 1500 g/mol. The summed E-state index contributed by atoms with van der Waals surface area (Å²) in [6, 6.07) is 0. The first-order valence-corrected chi connectivity index (χ1v) is 43.8. The largest absolute Gasteiger partial charge is 0.472 e. The van der Waals surface area contributed by atoms with E-state index in [9.17, 15) is 43.2 Å². The fourth-order valence-corrected chi connectivity index (χ4v) is 12.3. The Balaban J connectivity index is 5.41. The molecule has 0 amide bonds. The number of phosphoric acid groups is 2. The molecule has 0 saturated carbocycles. The minimum Gasteiger partial charge on any atom is -0.462 e. The van der Waals surface area contributed by atoms with Crippen LogP contribution in [0.15, 0.2) is 122 Å². The fraction of sp³-hybridized carbons (Fsp3) is 0.718. The lowest BCUT2D eigenvalue weighted by molar-refractivity contribution is -0.161. The molecule has 0 aromatic carbocycles. The quantitative estimate of drug-likeness (QED) is 0.0169. The maximum Gasteiger partial charge on any atom is 0.472 e. The number of unbranched alkanes of at least 4 members (excludes halogenated alkanes) is 30. The van der Waals surface area contributed by atoms with Gasteiger partial charge in [0.25, 0.3) is 0 Å². The minimum absolute atomic E-state index is 0.0713. The van der Waals surface area contributed by atoms with E-state index in [-0.39, 0.29) is 25.7 Å². The Hall–Kier alpha value is -4.54. The van der Waals surface area contributed by atoms with Gasteiger partial charge in [-0.25, -0.2) is 9.13 Å². The second-order valence-corrected chi connectivity index (χ2v) is 29.9. The van der Waals surface area contributed by atoms with Crippen LogP contribution < -0.4 is 0 Å². The van der Waals surface area contributed by atoms with Crippen molar-refractivity contribution >= 4 is 39.5 Å². The van der Waals surface area contributed by atoms with E-state index in [0.29, 0.717) is 25.7 Å². The van der Waals surface area contributed by atoms with Gasteiger partial charge in [0, 0.05) is 25.7 Å². The zero-order chi connectivity index (χ0) is 76.0. The Bertz CT molecular complexity index is 2440. The van der Waals surface area contributed by atoms with Gasteiger partial charge in [-0.05, 0) is 135 Å². The highest BCUT2D eigenvalue weighted by atomic mass is 31.2. The molecule has 0 rings (SSSR count). The molecule has 17 nitrogen and oxygen atoms in total. The van der Waals surface area contributed by atoms with Crippen LogP contribution in [-0.2, 0) is 65.4 Å². The molecule has 0 radical (unpaired) electrons. The normalized spacial score (nSPS) is 14.5. The summed E-state index contributed by atoms with van der Waals surface area (Å²) >= 11 is 0. The molecule has 5 unspecified atom stereocenters. The Morgan fingerprint density at radius 1 is 0.279 bits per heavy atom. The number of aliphatic hydroxyl groups is 1. The molecule has 0 fully saturated rings. The third kappa shape index (κ3) is 75.7. The summed E-state index contributed by atoms with van der Waals surface area (Å²) in [5.74, 6) is -2.23. The van der Waals surface area contributed by atoms with E-state index in [1.807, 2.05) is 0 Å². The average Bonchev–Trinajstić information content (AvgIpc) is 0.937. The molecule has 0 aliphatic rings. The molecule has 0 heterocycles. The molecule has 0 saturated heterocycles. The Labute approximate surface area is 632 Å². The number of hydrogen-bond acceptors (Lipinski definition) is 15. The minimum atomic E-state index is -4.99. The number of aliphatic hydroxyl groups excluding tert-OH is 1. The molecule has 0 aromatic rings. The Kier molecular flexibility index (Phi) is 73.3. The van der Waals surface area contributed by atoms with Crippen LogP contribution in [0.2, 0.25) is 0 Å². The highest BCUT2D eigenvalue weighted by molar-refractivity contribution is 7.47. The van der Waals surface area contributed by atoms with Crippen molar-refractivity contribution in [2.24, 2.45) is 0 Å². The third-order valence-electron chi connectivity index (χ3n) is 16.9. The summed E-state index contributed by atoms with van der Waals surface area (Å²) in [5, 5.41) is 10.7. The van der Waals surface area contributed by atoms with Gasteiger partial charge >= 0.3 is 39.5 Å². The van der Waals surface area contributed by atoms with Crippen molar-refractivity contribution in [3.05, 3.63) is 122 Å². The van der Waals surface area contributed by atoms with Crippen LogP contribution in [0.25, 0.3) is 0 Å². The number of rotatable bonds is 76. The highest BCUT2D eigenvalue weighted by Gasteiger charge is 2.30. The van der Waals surface area contributed by atoms with Crippen LogP contribution in [0.4, 0.5) is 0 Å². The SMILES string of the molecule is CC/C=C\C/C=C\C/C=C\C/C=C\CCCCCCC(=O)OCC(COP(=O)(O)OCC(O)COP(=O)(O)OCC(COC(=O)CCCCCC/C=C\C/C=C\C/C=C\C/C=C\CC)OC(=O)CCCCCCCCCCCCCCCCC)OC(=O)CCCCCCC/C=C\C/C=C\CCCCC. The molecule has 0 aromatic heterocycles. The maximum absolute atomic E-state index is 13.1. The molecular formula is C85H146O17P2. The molecule has 104 heavy (non-hydrogen) atoms. The molecule has 5 atom stereocenters. The van der Waals surface area contributed by atoms with Crippen molar-refractivity contribution in [1.29, 1.82) is 0 Å². The van der Waals surface area contributed by atoms with Gasteiger partial charge < -0.3 is 33.8 Å². The van der Waals surface area contributed by atoms with Gasteiger partial charge in [-0.3, -0.25) is 37.3 Å². The van der Waals surface area contributed by atoms with Crippen LogP contribution in [0.1, 0.15) is 336 Å². The van der Waals surface area contributed by atoms with Crippen molar-refractivity contribution in [3.8, 4) is 0 Å². The lowest BCUT2D eigenvalue weighted by Gasteiger charge is -2.21. The molecule has 0 aliphatic carbocycles. The number of carbonyl (C=O) groups is 4. The van der Waals surface area contributed by atoms with Crippen LogP contribution in [0, 0.1) is 0 Å². The molecular weight excluding hydrogens is 1350 g/mol. The van der Waals surface area contributed by atoms with Crippen molar-refractivity contribution in [3.63, 3.8) is 0 Å². The van der Waals surface area contributed by atoms with E-state index >= 15 is 0 Å². The van der Waals surface area contributed by atoms with Gasteiger partial charge in [-0.1, -0.05) is 297 Å². The van der Waals surface area contributed by atoms with Gasteiger partial charge in [-0.15, -0.1) is 0 Å². The first-order valence-electron chi connectivity index (χ1n) is 40.8. The topological polar surface area (TPSA) is 237 Å². The number of carbonyl (C=O) groups excluding carboxylic acids is 4. The summed E-state index contributed by atoms with van der Waals surface area (Å²) in [7, 11) is -9.98. The van der Waals surface area contributed by atoms with Crippen molar-refractivity contribution in [2.75, 3.05) is 39.6 Å². The van der Waals surface area contributed by atoms with Crippen LogP contribution >= 0.6 is 15.6 Å². The zero-order valence-electron chi connectivity index (χ0n) is 65.4. The van der Waals surface area contributed by atoms with E-state index < -0.39 is 97.5 Å². The summed E-state index contributed by atoms with van der Waals surface area (Å²) in [6.45, 7) is 4.59. The lowest BCUT2D eigenvalue weighted by atomic mass is 10.0. The molecule has 3 N–H and O–H groups in total. The smallest absolute Gasteiger partial charge is 0.462 e. The van der Waals surface area contributed by atoms with Gasteiger partial charge in [-0.2, -0.15) is 0 Å². The van der Waals surface area contributed by atoms with E-state index in [1.54, 1.807) is 0 Å². The predicted octanol–water partition coefficient (Wildman–Crippen LogP) is 23.9. The van der Waals surface area contributed by atoms with E-state index in [2.05, 4.69) is 149 Å². The third-order valence-corrected chi connectivity index (χ3v) is 18.8. The van der Waals surface area contributed by atoms with E-state index in [0.717, 1.165) is 173 Å². The van der Waals surface area contributed by atoms with Crippen molar-refractivity contribution < 1.29 is 80.2 Å². The number of esters is 4. The number of ether oxygens (including phenoxy) is 4. The number of phosphoric ester groups is 2. The van der Waals surface area contributed by atoms with Gasteiger partial charge in [0.2, 0.25) is 0 Å². The summed E-state index contributed by atoms with van der Waals surface area (Å²) < 4.78 is 68.7. The van der Waals surface area contributed by atoms with E-state index in [4.69, 9.17) is 37.0 Å². The first kappa shape index (κ1) is 99.5. The summed E-state index contributed by atoms with van der Waals surface area (Å²) in [5.41, 5.74) is 0. The standard InChI is InChI=1S/C85H146O17P2/c1-5-9-13-17-21-25-29-33-37-39-43-45-49-53-57-61-65-69-82(87)95-75-80(101-84(89)71-67-63-59-55-51-47-41-35-31-27-23-19-15-11-7-3)77-99-103(91,92)97-73-79(86)74-98-104(93,94)100-78-81(102-85(90)72-68-64-60-56-52-48-42-36-32-28-24-20-16-12-8-4)76-96-83(88)70-66-62-58-54-50-46-44-40-38-34-30-26-22-18-14-10-6-2/h9-10,13-14,21-23,25-27,33-35,37-38,41,43-46,79-81,86H,5-8,11-12,15-20,24,28-32,36,39-40,42,47-78H2,1-4H3,(H,91,92)(H,93,94)/b13-9-,14-10-,25-21-,26-22-,27-23-,37-33-,38-34-,41-35-,45-43-,46-44-. The molecule has 598 valence electrons. The van der Waals surface area contributed by atoms with Crippen LogP contribution in [0.3, 0.4) is 0 Å². The Morgan fingerprint density at radius 2 is 0.500 bits per heavy atom. The maximum atomic E-state index is 13.1. The lowest BCUT2D eigenvalue weighted by Crippen LogP contribution is -2.30. The Morgan fingerprint density at radius 3 is 0.788 bits per heavy atom. The van der Waals surface area contributed by atoms with Gasteiger partial charge in [0.1, 0.15) is 19.3 Å². The first-order chi connectivity index (χ1) is 50.7. The van der Waals surface area contributed by atoms with Crippen LogP contribution in [0.5, 0.6) is 0 Å². The highest BCUT2D eigenvalue weighted by Crippen LogP contribution is 2.45. The van der Waals surface area contributed by atoms with Crippen molar-refractivity contribution in [1.82, 2.24) is 0 Å². The second kappa shape index (κ2) is 76.6. The summed E-state index contributed by atoms with van der Waals surface area (Å²) in [6.07, 6.45) is 84.5. The fourth-order valence-electron chi connectivity index (χ4n) is 10.8. The van der Waals surface area contributed by atoms with Gasteiger partial charge in [0.15, 0.2) is 12.2 Å². The van der Waals surface area contributed by atoms with Crippen LogP contribution in [-0.4, -0.2) is 96.7 Å². The zero-order valence-corrected chi connectivity index (χ0v) is 67.2. The number of hydrogen-bond donors (Lipinski definition) is 3. The predicted molar refractivity (Wildman–Crippen MR) is 427 cm³/mol. The molecule has 0 bridgehead atoms. The van der Waals surface area contributed by atoms with Gasteiger partial charge in [0.05, 0.1) is 26.4 Å². The van der Waals surface area contributed by atoms with E-state index in [1.165, 1.54) is 83.5 Å². The molecule has 0 aliphatic heterocycles. The molecule has 19 heteroatoms. The summed E-state index contributed by atoms with van der Waals surface area (Å²) in [4.78, 5) is 73.1. The molecule has 0 spiro atoms. The second-order valence-electron chi connectivity index (χ2n) is 27.0. The number of allylic oxidation sites excluding steroid dienone is 20. The van der Waals surface area contributed by atoms with Crippen molar-refractivity contribution in [2.45, 2.75) is 354 Å².